The monoisotopic (exact) mass is 290 g/mol. The molecule has 0 radical (unpaired) electrons. The van der Waals surface area contributed by atoms with Gasteiger partial charge in [0.05, 0.1) is 0 Å². The van der Waals surface area contributed by atoms with E-state index in [2.05, 4.69) is 6.92 Å². The Morgan fingerprint density at radius 2 is 1.86 bits per heavy atom. The Morgan fingerprint density at radius 3 is 2.52 bits per heavy atom. The van der Waals surface area contributed by atoms with Crippen molar-refractivity contribution in [3.05, 3.63) is 23.8 Å². The molecule has 114 valence electrons. The van der Waals surface area contributed by atoms with E-state index in [1.54, 1.807) is 13.2 Å². The molecule has 0 bridgehead atoms. The van der Waals surface area contributed by atoms with Gasteiger partial charge in [-0.25, -0.2) is 0 Å². The molecule has 1 aromatic carbocycles. The Balaban J connectivity index is 1.86. The van der Waals surface area contributed by atoms with Gasteiger partial charge in [0.1, 0.15) is 18.8 Å². The van der Waals surface area contributed by atoms with Gasteiger partial charge in [-0.1, -0.05) is 6.92 Å². The van der Waals surface area contributed by atoms with E-state index in [1.807, 2.05) is 12.1 Å². The smallest absolute Gasteiger partial charge is 0.194 e. The minimum atomic E-state index is -0.670. The summed E-state index contributed by atoms with van der Waals surface area (Å²) in [5.74, 6) is 2.10. The highest BCUT2D eigenvalue weighted by molar-refractivity contribution is 6.03. The zero-order valence-corrected chi connectivity index (χ0v) is 12.7. The minimum absolute atomic E-state index is 0.0638. The van der Waals surface area contributed by atoms with E-state index in [-0.39, 0.29) is 5.78 Å². The number of Topliss-reactive ketones (excluding diaryl/α,β-unsaturated/α-hetero) is 1. The maximum atomic E-state index is 12.9. The third-order valence-corrected chi connectivity index (χ3v) is 4.69. The Morgan fingerprint density at radius 1 is 1.19 bits per heavy atom. The number of methoxy groups -OCH3 is 1. The van der Waals surface area contributed by atoms with Crippen LogP contribution >= 0.6 is 0 Å². The van der Waals surface area contributed by atoms with Crippen molar-refractivity contribution >= 4 is 5.78 Å². The number of benzene rings is 1. The van der Waals surface area contributed by atoms with Gasteiger partial charge in [-0.15, -0.1) is 0 Å². The molecule has 1 saturated carbocycles. The fraction of sp³-hybridized carbons (Fsp3) is 0.588. The van der Waals surface area contributed by atoms with Crippen molar-refractivity contribution in [2.75, 3.05) is 20.3 Å². The summed E-state index contributed by atoms with van der Waals surface area (Å²) >= 11 is 0. The minimum Gasteiger partial charge on any atom is -0.486 e. The van der Waals surface area contributed by atoms with E-state index in [0.29, 0.717) is 36.2 Å². The number of hydrogen-bond acceptors (Lipinski definition) is 4. The highest BCUT2D eigenvalue weighted by Gasteiger charge is 2.41. The molecular weight excluding hydrogens is 268 g/mol. The van der Waals surface area contributed by atoms with Gasteiger partial charge in [0.15, 0.2) is 17.3 Å². The first-order valence-corrected chi connectivity index (χ1v) is 7.64. The lowest BCUT2D eigenvalue weighted by atomic mass is 9.75. The van der Waals surface area contributed by atoms with Gasteiger partial charge in [-0.3, -0.25) is 4.79 Å². The lowest BCUT2D eigenvalue weighted by Crippen LogP contribution is -2.43. The number of hydrogen-bond donors (Lipinski definition) is 0. The fourth-order valence-corrected chi connectivity index (χ4v) is 3.20. The van der Waals surface area contributed by atoms with Crippen molar-refractivity contribution in [1.29, 1.82) is 0 Å². The maximum absolute atomic E-state index is 12.9. The Bertz CT molecular complexity index is 530. The first-order chi connectivity index (χ1) is 10.1. The van der Waals surface area contributed by atoms with Gasteiger partial charge in [-0.2, -0.15) is 0 Å². The zero-order chi connectivity index (χ0) is 14.9. The first kappa shape index (κ1) is 14.4. The van der Waals surface area contributed by atoms with Crippen molar-refractivity contribution in [3.63, 3.8) is 0 Å². The molecule has 21 heavy (non-hydrogen) atoms. The molecule has 0 aromatic heterocycles. The van der Waals surface area contributed by atoms with Crippen molar-refractivity contribution in [2.45, 2.75) is 38.2 Å². The fourth-order valence-electron chi connectivity index (χ4n) is 3.20. The van der Waals surface area contributed by atoms with Crippen LogP contribution in [-0.4, -0.2) is 31.7 Å². The highest BCUT2D eigenvalue weighted by atomic mass is 16.6. The number of rotatable bonds is 3. The van der Waals surface area contributed by atoms with Gasteiger partial charge >= 0.3 is 0 Å². The topological polar surface area (TPSA) is 44.8 Å². The zero-order valence-electron chi connectivity index (χ0n) is 12.7. The Kier molecular flexibility index (Phi) is 3.89. The lowest BCUT2D eigenvalue weighted by Gasteiger charge is -2.37. The van der Waals surface area contributed by atoms with Crippen LogP contribution in [0.1, 0.15) is 43.0 Å². The molecule has 2 aliphatic rings. The average Bonchev–Trinajstić information content (AvgIpc) is 2.55. The van der Waals surface area contributed by atoms with Crippen LogP contribution in [0.15, 0.2) is 18.2 Å². The van der Waals surface area contributed by atoms with Crippen molar-refractivity contribution in [2.24, 2.45) is 5.92 Å². The SMILES string of the molecule is COC1(C(=O)c2ccc3c(c2)OCCO3)CCC(C)CC1. The highest BCUT2D eigenvalue weighted by Crippen LogP contribution is 2.38. The second-order valence-corrected chi connectivity index (χ2v) is 6.07. The van der Waals surface area contributed by atoms with Gasteiger partial charge in [0.2, 0.25) is 0 Å². The summed E-state index contributed by atoms with van der Waals surface area (Å²) in [7, 11) is 1.64. The summed E-state index contributed by atoms with van der Waals surface area (Å²) in [5, 5.41) is 0. The Hall–Kier alpha value is -1.55. The van der Waals surface area contributed by atoms with Crippen molar-refractivity contribution in [3.8, 4) is 11.5 Å². The quantitative estimate of drug-likeness (QED) is 0.802. The molecule has 1 fully saturated rings. The number of ketones is 1. The summed E-state index contributed by atoms with van der Waals surface area (Å²) in [4.78, 5) is 12.9. The molecule has 1 aliphatic carbocycles. The van der Waals surface area contributed by atoms with E-state index in [1.165, 1.54) is 0 Å². The van der Waals surface area contributed by atoms with E-state index in [0.717, 1.165) is 25.7 Å². The van der Waals surface area contributed by atoms with Crippen LogP contribution in [0.3, 0.4) is 0 Å². The standard InChI is InChI=1S/C17H22O4/c1-12-5-7-17(19-2,8-6-12)16(18)13-3-4-14-15(11-13)21-10-9-20-14/h3-4,11-12H,5-10H2,1-2H3. The first-order valence-electron chi connectivity index (χ1n) is 7.64. The summed E-state index contributed by atoms with van der Waals surface area (Å²) in [6, 6.07) is 5.42. The molecule has 1 aliphatic heterocycles. The van der Waals surface area contributed by atoms with Crippen LogP contribution in [0, 0.1) is 5.92 Å². The van der Waals surface area contributed by atoms with E-state index >= 15 is 0 Å². The number of ether oxygens (including phenoxy) is 3. The largest absolute Gasteiger partial charge is 0.486 e. The van der Waals surface area contributed by atoms with E-state index < -0.39 is 5.60 Å². The number of carbonyl (C=O) groups is 1. The second kappa shape index (κ2) is 5.68. The van der Waals surface area contributed by atoms with Crippen LogP contribution < -0.4 is 9.47 Å². The van der Waals surface area contributed by atoms with Crippen LogP contribution in [0.5, 0.6) is 11.5 Å². The molecule has 0 spiro atoms. The molecule has 1 heterocycles. The predicted molar refractivity (Wildman–Crippen MR) is 79.1 cm³/mol. The van der Waals surface area contributed by atoms with E-state index in [9.17, 15) is 4.79 Å². The van der Waals surface area contributed by atoms with Gasteiger partial charge in [-0.05, 0) is 49.8 Å². The molecule has 0 atom stereocenters. The van der Waals surface area contributed by atoms with Crippen molar-refractivity contribution < 1.29 is 19.0 Å². The van der Waals surface area contributed by atoms with Crippen LogP contribution in [-0.2, 0) is 4.74 Å². The van der Waals surface area contributed by atoms with E-state index in [4.69, 9.17) is 14.2 Å². The molecule has 4 nitrogen and oxygen atoms in total. The van der Waals surface area contributed by atoms with Gasteiger partial charge < -0.3 is 14.2 Å². The Labute approximate surface area is 125 Å². The third kappa shape index (κ3) is 2.64. The maximum Gasteiger partial charge on any atom is 0.194 e. The van der Waals surface area contributed by atoms with Crippen LogP contribution in [0.25, 0.3) is 0 Å². The average molecular weight is 290 g/mol. The molecular formula is C17H22O4. The molecule has 4 heteroatoms. The number of fused-ring (bicyclic) bond motifs is 1. The third-order valence-electron chi connectivity index (χ3n) is 4.69. The predicted octanol–water partition coefficient (Wildman–Crippen LogP) is 3.24. The number of carbonyl (C=O) groups excluding carboxylic acids is 1. The van der Waals surface area contributed by atoms with Crippen molar-refractivity contribution in [1.82, 2.24) is 0 Å². The van der Waals surface area contributed by atoms with Gasteiger partial charge in [0.25, 0.3) is 0 Å². The van der Waals surface area contributed by atoms with Crippen LogP contribution in [0.2, 0.25) is 0 Å². The second-order valence-electron chi connectivity index (χ2n) is 6.07. The molecule has 0 N–H and O–H groups in total. The summed E-state index contributed by atoms with van der Waals surface area (Å²) in [6.07, 6.45) is 3.64. The molecule has 0 amide bonds. The summed E-state index contributed by atoms with van der Waals surface area (Å²) in [5.41, 5.74) is -0.0216. The van der Waals surface area contributed by atoms with Gasteiger partial charge in [0, 0.05) is 12.7 Å². The molecule has 1 aromatic rings. The lowest BCUT2D eigenvalue weighted by molar-refractivity contribution is -0.0263. The molecule has 3 rings (SSSR count). The normalized spacial score (nSPS) is 28.2. The summed E-state index contributed by atoms with van der Waals surface area (Å²) < 4.78 is 16.7. The molecule has 0 unspecified atom stereocenters. The summed E-state index contributed by atoms with van der Waals surface area (Å²) in [6.45, 7) is 3.31. The molecule has 0 saturated heterocycles. The van der Waals surface area contributed by atoms with Crippen LogP contribution in [0.4, 0.5) is 0 Å².